The fraction of sp³-hybridized carbons (Fsp3) is 0.200. The van der Waals surface area contributed by atoms with E-state index in [9.17, 15) is 9.35 Å². The maximum atomic E-state index is 13.0. The minimum atomic E-state index is -1.09. The Labute approximate surface area is 218 Å². The monoisotopic (exact) mass is 513 g/mol. The smallest absolute Gasteiger partial charge is 0.338 e. The van der Waals surface area contributed by atoms with Crippen molar-refractivity contribution in [2.45, 2.75) is 31.8 Å². The lowest BCUT2D eigenvalue weighted by atomic mass is 10.00. The number of rotatable bonds is 7. The maximum Gasteiger partial charge on any atom is 0.338 e. The zero-order valence-electron chi connectivity index (χ0n) is 21.2. The van der Waals surface area contributed by atoms with Gasteiger partial charge >= 0.3 is 5.97 Å². The van der Waals surface area contributed by atoms with Gasteiger partial charge in [-0.25, -0.2) is 9.78 Å². The number of fused-ring (bicyclic) bond motifs is 2. The molecule has 0 aliphatic heterocycles. The summed E-state index contributed by atoms with van der Waals surface area (Å²) in [6.45, 7) is 4.28. The van der Waals surface area contributed by atoms with Gasteiger partial charge < -0.3 is 18.4 Å². The first kappa shape index (κ1) is 24.9. The van der Waals surface area contributed by atoms with Crippen LogP contribution in [-0.4, -0.2) is 28.9 Å². The van der Waals surface area contributed by atoms with Crippen molar-refractivity contribution in [1.29, 1.82) is 0 Å². The molecule has 0 saturated heterocycles. The summed E-state index contributed by atoms with van der Waals surface area (Å²) in [4.78, 5) is 18.8. The van der Waals surface area contributed by atoms with Crippen molar-refractivity contribution >= 4 is 39.0 Å². The van der Waals surface area contributed by atoms with E-state index < -0.39 is 17.1 Å². The molecule has 0 aliphatic rings. The van der Waals surface area contributed by atoms with Crippen LogP contribution in [0.3, 0.4) is 0 Å². The molecule has 0 amide bonds. The zero-order chi connectivity index (χ0) is 26.1. The molecular formula is C30H27NO5S. The normalized spacial score (nSPS) is 12.1. The highest BCUT2D eigenvalue weighted by Gasteiger charge is 2.23. The highest BCUT2D eigenvalue weighted by atomic mass is 32.2. The second-order valence-corrected chi connectivity index (χ2v) is 10.2. The number of para-hydroxylation sites is 1. The Bertz CT molecular complexity index is 1620. The van der Waals surface area contributed by atoms with Crippen LogP contribution in [0.1, 0.15) is 34.0 Å². The van der Waals surface area contributed by atoms with E-state index in [4.69, 9.17) is 18.9 Å². The number of carbonyl (C=O) groups excluding carboxylic acids is 1. The number of pyridine rings is 1. The van der Waals surface area contributed by atoms with Gasteiger partial charge in [-0.1, -0.05) is 43.3 Å². The minimum Gasteiger partial charge on any atom is -0.612 e. The predicted molar refractivity (Wildman–Crippen MR) is 146 cm³/mol. The highest BCUT2D eigenvalue weighted by molar-refractivity contribution is 7.90. The summed E-state index contributed by atoms with van der Waals surface area (Å²) < 4.78 is 29.5. The number of benzene rings is 3. The SMILES string of the molecule is CCc1ccc(OCc2cccc([S+](C)[O-])c2)c2c(C(=O)OC)cc(-c3oc4ccccc4c3C)nc12. The van der Waals surface area contributed by atoms with Crippen LogP contribution in [0.15, 0.2) is 76.0 Å². The molecular weight excluding hydrogens is 486 g/mol. The molecule has 2 heterocycles. The molecule has 5 rings (SSSR count). The Balaban J connectivity index is 1.66. The fourth-order valence-electron chi connectivity index (χ4n) is 4.55. The lowest BCUT2D eigenvalue weighted by molar-refractivity contribution is 0.0602. The second-order valence-electron chi connectivity index (χ2n) is 8.79. The fourth-order valence-corrected chi connectivity index (χ4v) is 5.14. The third-order valence-corrected chi connectivity index (χ3v) is 7.41. The highest BCUT2D eigenvalue weighted by Crippen LogP contribution is 2.38. The zero-order valence-corrected chi connectivity index (χ0v) is 22.0. The van der Waals surface area contributed by atoms with Gasteiger partial charge in [0.25, 0.3) is 0 Å². The lowest BCUT2D eigenvalue weighted by Gasteiger charge is -2.16. The molecule has 5 aromatic rings. The number of furan rings is 1. The largest absolute Gasteiger partial charge is 0.612 e. The number of aryl methyl sites for hydroxylation is 2. The van der Waals surface area contributed by atoms with Crippen LogP contribution >= 0.6 is 0 Å². The quantitative estimate of drug-likeness (QED) is 0.180. The number of methoxy groups -OCH3 is 1. The van der Waals surface area contributed by atoms with E-state index in [1.807, 2.05) is 74.5 Å². The molecule has 1 unspecified atom stereocenters. The van der Waals surface area contributed by atoms with Gasteiger partial charge in [0.15, 0.2) is 10.7 Å². The van der Waals surface area contributed by atoms with E-state index in [0.29, 0.717) is 33.7 Å². The maximum absolute atomic E-state index is 13.0. The van der Waals surface area contributed by atoms with Crippen LogP contribution in [-0.2, 0) is 28.9 Å². The second kappa shape index (κ2) is 10.3. The Morgan fingerprint density at radius 2 is 1.89 bits per heavy atom. The van der Waals surface area contributed by atoms with E-state index in [-0.39, 0.29) is 6.61 Å². The van der Waals surface area contributed by atoms with Crippen LogP contribution < -0.4 is 4.74 Å². The van der Waals surface area contributed by atoms with Crippen molar-refractivity contribution < 1.29 is 23.2 Å². The van der Waals surface area contributed by atoms with Crippen LogP contribution in [0, 0.1) is 6.92 Å². The van der Waals surface area contributed by atoms with Crippen molar-refractivity contribution in [3.05, 3.63) is 89.0 Å². The van der Waals surface area contributed by atoms with Gasteiger partial charge in [0.05, 0.1) is 23.6 Å². The number of ether oxygens (including phenoxy) is 2. The van der Waals surface area contributed by atoms with E-state index in [1.54, 1.807) is 12.3 Å². The molecule has 7 heteroatoms. The number of hydrogen-bond acceptors (Lipinski definition) is 6. The van der Waals surface area contributed by atoms with Crippen LogP contribution in [0.4, 0.5) is 0 Å². The van der Waals surface area contributed by atoms with Gasteiger partial charge in [-0.15, -0.1) is 0 Å². The molecule has 3 aromatic carbocycles. The van der Waals surface area contributed by atoms with Crippen molar-refractivity contribution in [3.63, 3.8) is 0 Å². The Morgan fingerprint density at radius 1 is 1.08 bits per heavy atom. The Morgan fingerprint density at radius 3 is 2.62 bits per heavy atom. The first-order valence-corrected chi connectivity index (χ1v) is 13.6. The molecule has 37 heavy (non-hydrogen) atoms. The minimum absolute atomic E-state index is 0.247. The van der Waals surface area contributed by atoms with Gasteiger partial charge in [-0.2, -0.15) is 0 Å². The average molecular weight is 514 g/mol. The Hall–Kier alpha value is -3.81. The molecule has 0 saturated carbocycles. The molecule has 188 valence electrons. The number of nitrogens with zero attached hydrogens (tertiary/aromatic N) is 1. The summed E-state index contributed by atoms with van der Waals surface area (Å²) in [6, 6.07) is 20.8. The summed E-state index contributed by atoms with van der Waals surface area (Å²) in [5, 5.41) is 1.60. The number of carbonyl (C=O) groups is 1. The predicted octanol–water partition coefficient (Wildman–Crippen LogP) is 6.62. The molecule has 0 fully saturated rings. The molecule has 0 aliphatic carbocycles. The summed E-state index contributed by atoms with van der Waals surface area (Å²) >= 11 is -1.09. The van der Waals surface area contributed by atoms with Crippen molar-refractivity contribution in [3.8, 4) is 17.2 Å². The van der Waals surface area contributed by atoms with Gasteiger partial charge in [-0.05, 0) is 66.0 Å². The lowest BCUT2D eigenvalue weighted by Crippen LogP contribution is -2.07. The number of aromatic nitrogens is 1. The first-order valence-electron chi connectivity index (χ1n) is 12.0. The Kier molecular flexibility index (Phi) is 6.91. The van der Waals surface area contributed by atoms with Crippen molar-refractivity contribution in [2.75, 3.05) is 13.4 Å². The van der Waals surface area contributed by atoms with E-state index in [1.165, 1.54) is 7.11 Å². The van der Waals surface area contributed by atoms with Crippen molar-refractivity contribution in [2.24, 2.45) is 0 Å². The van der Waals surface area contributed by atoms with Gasteiger partial charge in [-0.3, -0.25) is 0 Å². The third-order valence-electron chi connectivity index (χ3n) is 6.49. The van der Waals surface area contributed by atoms with Crippen molar-refractivity contribution in [1.82, 2.24) is 4.98 Å². The molecule has 6 nitrogen and oxygen atoms in total. The molecule has 1 atom stereocenters. The van der Waals surface area contributed by atoms with E-state index in [2.05, 4.69) is 0 Å². The third kappa shape index (κ3) is 4.68. The van der Waals surface area contributed by atoms with E-state index in [0.717, 1.165) is 39.0 Å². The first-order chi connectivity index (χ1) is 17.9. The molecule has 0 N–H and O–H groups in total. The molecule has 2 aromatic heterocycles. The topological polar surface area (TPSA) is 84.6 Å². The standard InChI is InChI=1S/C30H27NO5S/c1-5-20-13-14-26(35-17-19-9-8-10-21(15-19)37(4)33)27-23(30(32)34-3)16-24(31-28(20)27)29-18(2)22-11-6-7-12-25(22)36-29/h6-16H,5,17H2,1-4H3. The van der Waals surface area contributed by atoms with Gasteiger partial charge in [0, 0.05) is 10.9 Å². The van der Waals surface area contributed by atoms with Crippen LogP contribution in [0.25, 0.3) is 33.3 Å². The molecule has 0 radical (unpaired) electrons. The molecule has 0 bridgehead atoms. The van der Waals surface area contributed by atoms with Gasteiger partial charge in [0.1, 0.15) is 29.9 Å². The summed E-state index contributed by atoms with van der Waals surface area (Å²) in [5.74, 6) is 0.658. The van der Waals surface area contributed by atoms with Crippen LogP contribution in [0.2, 0.25) is 0 Å². The number of esters is 1. The number of hydrogen-bond donors (Lipinski definition) is 0. The summed E-state index contributed by atoms with van der Waals surface area (Å²) in [7, 11) is 1.36. The molecule has 0 spiro atoms. The summed E-state index contributed by atoms with van der Waals surface area (Å²) in [5.41, 5.74) is 5.16. The summed E-state index contributed by atoms with van der Waals surface area (Å²) in [6.07, 6.45) is 2.36. The van der Waals surface area contributed by atoms with Crippen LogP contribution in [0.5, 0.6) is 5.75 Å². The van der Waals surface area contributed by atoms with Gasteiger partial charge in [0.2, 0.25) is 0 Å². The average Bonchev–Trinajstić information content (AvgIpc) is 3.27. The van der Waals surface area contributed by atoms with E-state index >= 15 is 0 Å².